The molecule has 2 unspecified atom stereocenters. The zero-order chi connectivity index (χ0) is 13.8. The Morgan fingerprint density at radius 2 is 1.89 bits per heavy atom. The van der Waals surface area contributed by atoms with E-state index < -0.39 is 0 Å². The quantitative estimate of drug-likeness (QED) is 0.900. The maximum absolute atomic E-state index is 6.41. The summed E-state index contributed by atoms with van der Waals surface area (Å²) in [7, 11) is 0. The molecule has 0 aromatic carbocycles. The minimum atomic E-state index is 0.242. The van der Waals surface area contributed by atoms with Gasteiger partial charge in [-0.1, -0.05) is 13.8 Å². The number of likely N-dealkylation sites (N-methyl/N-ethyl adjacent to an activating group) is 1. The summed E-state index contributed by atoms with van der Waals surface area (Å²) >= 11 is 1.90. The summed E-state index contributed by atoms with van der Waals surface area (Å²) in [6, 6.07) is 5.14. The van der Waals surface area contributed by atoms with Crippen LogP contribution in [-0.2, 0) is 0 Å². The Morgan fingerprint density at radius 1 is 1.21 bits per heavy atom. The lowest BCUT2D eigenvalue weighted by Crippen LogP contribution is -2.51. The molecule has 0 aliphatic carbocycles. The van der Waals surface area contributed by atoms with Crippen molar-refractivity contribution in [3.8, 4) is 0 Å². The second-order valence-electron chi connectivity index (χ2n) is 5.44. The minimum Gasteiger partial charge on any atom is -0.326 e. The molecule has 0 bridgehead atoms. The van der Waals surface area contributed by atoms with E-state index in [1.54, 1.807) is 0 Å². The Morgan fingerprint density at radius 3 is 2.37 bits per heavy atom. The average molecular weight is 281 g/mol. The first-order chi connectivity index (χ1) is 9.15. The van der Waals surface area contributed by atoms with Crippen LogP contribution in [0, 0.1) is 6.92 Å². The van der Waals surface area contributed by atoms with Gasteiger partial charge in [-0.15, -0.1) is 11.3 Å². The lowest BCUT2D eigenvalue weighted by molar-refractivity contribution is 0.0880. The van der Waals surface area contributed by atoms with Crippen LogP contribution in [0.3, 0.4) is 0 Å². The van der Waals surface area contributed by atoms with Crippen molar-refractivity contribution in [3.63, 3.8) is 0 Å². The molecule has 1 aliphatic rings. The fourth-order valence-corrected chi connectivity index (χ4v) is 3.94. The van der Waals surface area contributed by atoms with Crippen LogP contribution in [0.15, 0.2) is 12.1 Å². The highest BCUT2D eigenvalue weighted by molar-refractivity contribution is 7.12. The molecule has 0 saturated carbocycles. The first kappa shape index (κ1) is 15.0. The Kier molecular flexibility index (Phi) is 5.39. The number of nitrogens with two attached hydrogens (primary N) is 1. The highest BCUT2D eigenvalue weighted by Crippen LogP contribution is 2.31. The van der Waals surface area contributed by atoms with Gasteiger partial charge in [0.1, 0.15) is 0 Å². The van der Waals surface area contributed by atoms with Crippen molar-refractivity contribution in [2.75, 3.05) is 32.7 Å². The molecule has 19 heavy (non-hydrogen) atoms. The van der Waals surface area contributed by atoms with Crippen LogP contribution in [0.4, 0.5) is 0 Å². The van der Waals surface area contributed by atoms with Crippen LogP contribution < -0.4 is 5.73 Å². The van der Waals surface area contributed by atoms with E-state index in [9.17, 15) is 0 Å². The van der Waals surface area contributed by atoms with Gasteiger partial charge < -0.3 is 10.6 Å². The summed E-state index contributed by atoms with van der Waals surface area (Å²) in [5, 5.41) is 0. The summed E-state index contributed by atoms with van der Waals surface area (Å²) in [5.74, 6) is 0. The zero-order valence-electron chi connectivity index (χ0n) is 12.4. The van der Waals surface area contributed by atoms with Gasteiger partial charge in [0, 0.05) is 42.0 Å². The molecule has 3 nitrogen and oxygen atoms in total. The van der Waals surface area contributed by atoms with E-state index in [2.05, 4.69) is 42.7 Å². The highest BCUT2D eigenvalue weighted by atomic mass is 32.1. The molecule has 108 valence electrons. The summed E-state index contributed by atoms with van der Waals surface area (Å²) < 4.78 is 0. The number of rotatable bonds is 5. The molecule has 2 rings (SSSR count). The van der Waals surface area contributed by atoms with Gasteiger partial charge in [0.15, 0.2) is 0 Å². The van der Waals surface area contributed by atoms with Gasteiger partial charge >= 0.3 is 0 Å². The Balaban J connectivity index is 2.10. The second kappa shape index (κ2) is 6.84. The Labute approximate surface area is 121 Å². The van der Waals surface area contributed by atoms with Crippen molar-refractivity contribution in [2.45, 2.75) is 39.3 Å². The van der Waals surface area contributed by atoms with Crippen molar-refractivity contribution in [1.29, 1.82) is 0 Å². The molecule has 0 spiro atoms. The maximum atomic E-state index is 6.41. The molecule has 2 N–H and O–H groups in total. The van der Waals surface area contributed by atoms with Gasteiger partial charge in [-0.2, -0.15) is 0 Å². The third kappa shape index (κ3) is 3.57. The van der Waals surface area contributed by atoms with Crippen molar-refractivity contribution in [3.05, 3.63) is 21.9 Å². The number of piperazine rings is 1. The van der Waals surface area contributed by atoms with Crippen molar-refractivity contribution >= 4 is 11.3 Å². The van der Waals surface area contributed by atoms with Crippen molar-refractivity contribution in [2.24, 2.45) is 5.73 Å². The fourth-order valence-electron chi connectivity index (χ4n) is 2.86. The van der Waals surface area contributed by atoms with Crippen molar-refractivity contribution < 1.29 is 0 Å². The largest absolute Gasteiger partial charge is 0.326 e. The normalized spacial score (nSPS) is 21.5. The third-order valence-electron chi connectivity index (χ3n) is 4.18. The molecule has 1 aromatic rings. The molecule has 4 heteroatoms. The van der Waals surface area contributed by atoms with Gasteiger partial charge in [0.25, 0.3) is 0 Å². The summed E-state index contributed by atoms with van der Waals surface area (Å²) in [4.78, 5) is 7.93. The van der Waals surface area contributed by atoms with Crippen LogP contribution in [-0.4, -0.2) is 48.6 Å². The van der Waals surface area contributed by atoms with Crippen LogP contribution >= 0.6 is 11.3 Å². The van der Waals surface area contributed by atoms with E-state index in [4.69, 9.17) is 5.73 Å². The van der Waals surface area contributed by atoms with E-state index in [-0.39, 0.29) is 6.04 Å². The average Bonchev–Trinajstić information content (AvgIpc) is 2.86. The second-order valence-corrected chi connectivity index (χ2v) is 6.76. The predicted molar refractivity (Wildman–Crippen MR) is 83.8 cm³/mol. The standard InChI is InChI=1S/C15H27N3S/c1-4-13(16)15(14-7-6-12(3)19-14)18-10-8-17(5-2)9-11-18/h6-7,13,15H,4-5,8-11,16H2,1-3H3. The molecule has 1 aliphatic heterocycles. The van der Waals surface area contributed by atoms with Gasteiger partial charge in [-0.25, -0.2) is 0 Å². The number of thiophene rings is 1. The molecule has 1 saturated heterocycles. The fraction of sp³-hybridized carbons (Fsp3) is 0.733. The Bertz CT molecular complexity index is 382. The van der Waals surface area contributed by atoms with Crippen LogP contribution in [0.1, 0.15) is 36.1 Å². The summed E-state index contributed by atoms with van der Waals surface area (Å²) in [5.41, 5.74) is 6.41. The Hall–Kier alpha value is -0.420. The van der Waals surface area contributed by atoms with Crippen LogP contribution in [0.2, 0.25) is 0 Å². The van der Waals surface area contributed by atoms with Gasteiger partial charge in [-0.05, 0) is 32.0 Å². The zero-order valence-corrected chi connectivity index (χ0v) is 13.2. The van der Waals surface area contributed by atoms with Crippen LogP contribution in [0.25, 0.3) is 0 Å². The van der Waals surface area contributed by atoms with E-state index in [0.717, 1.165) is 26.1 Å². The number of aryl methyl sites for hydroxylation is 1. The molecule has 2 heterocycles. The molecule has 2 atom stereocenters. The van der Waals surface area contributed by atoms with Crippen molar-refractivity contribution in [1.82, 2.24) is 9.80 Å². The molecule has 0 amide bonds. The van der Waals surface area contributed by atoms with E-state index >= 15 is 0 Å². The van der Waals surface area contributed by atoms with Gasteiger partial charge in [-0.3, -0.25) is 4.90 Å². The topological polar surface area (TPSA) is 32.5 Å². The first-order valence-electron chi connectivity index (χ1n) is 7.44. The van der Waals surface area contributed by atoms with Gasteiger partial charge in [0.05, 0.1) is 6.04 Å². The summed E-state index contributed by atoms with van der Waals surface area (Å²) in [6.45, 7) is 12.4. The predicted octanol–water partition coefficient (Wildman–Crippen LogP) is 2.47. The van der Waals surface area contributed by atoms with E-state index in [1.165, 1.54) is 22.8 Å². The van der Waals surface area contributed by atoms with E-state index in [0.29, 0.717) is 6.04 Å². The SMILES string of the molecule is CCC(N)C(c1ccc(C)s1)N1CCN(CC)CC1. The lowest BCUT2D eigenvalue weighted by atomic mass is 10.0. The third-order valence-corrected chi connectivity index (χ3v) is 5.25. The maximum Gasteiger partial charge on any atom is 0.0594 e. The molecule has 1 aromatic heterocycles. The number of hydrogen-bond acceptors (Lipinski definition) is 4. The first-order valence-corrected chi connectivity index (χ1v) is 8.25. The minimum absolute atomic E-state index is 0.242. The number of nitrogens with zero attached hydrogens (tertiary/aromatic N) is 2. The summed E-state index contributed by atoms with van der Waals surface area (Å²) in [6.07, 6.45) is 1.04. The van der Waals surface area contributed by atoms with E-state index in [1.807, 2.05) is 11.3 Å². The molecule has 0 radical (unpaired) electrons. The monoisotopic (exact) mass is 281 g/mol. The smallest absolute Gasteiger partial charge is 0.0594 e. The van der Waals surface area contributed by atoms with Gasteiger partial charge in [0.2, 0.25) is 0 Å². The lowest BCUT2D eigenvalue weighted by Gasteiger charge is -2.40. The highest BCUT2D eigenvalue weighted by Gasteiger charge is 2.29. The molecule has 1 fully saturated rings. The molecular formula is C15H27N3S. The molecular weight excluding hydrogens is 254 g/mol. The number of hydrogen-bond donors (Lipinski definition) is 1. The van der Waals surface area contributed by atoms with Crippen LogP contribution in [0.5, 0.6) is 0 Å².